The van der Waals surface area contributed by atoms with Crippen molar-refractivity contribution in [1.29, 1.82) is 0 Å². The normalized spacial score (nSPS) is 11.4. The van der Waals surface area contributed by atoms with Gasteiger partial charge in [-0.3, -0.25) is 4.98 Å². The molecule has 0 bridgehead atoms. The summed E-state index contributed by atoms with van der Waals surface area (Å²) in [6.07, 6.45) is 1.45. The zero-order chi connectivity index (χ0) is 30.3. The van der Waals surface area contributed by atoms with Crippen LogP contribution in [0.1, 0.15) is 0 Å². The molecule has 0 saturated heterocycles. The second-order valence-electron chi connectivity index (χ2n) is 8.70. The van der Waals surface area contributed by atoms with Crippen molar-refractivity contribution >= 4 is 30.4 Å². The Morgan fingerprint density at radius 3 is 1.29 bits per heavy atom. The number of hydrogen-bond donors (Lipinski definition) is 0. The van der Waals surface area contributed by atoms with E-state index in [1.165, 1.54) is 54.7 Å². The molecule has 0 saturated carbocycles. The molecule has 0 N–H and O–H groups in total. The van der Waals surface area contributed by atoms with Crippen LogP contribution in [0.25, 0.3) is 45.2 Å². The Hall–Kier alpha value is -1.45. The smallest absolute Gasteiger partial charge is 0.744 e. The Kier molecular flexibility index (Phi) is 13.8. The van der Waals surface area contributed by atoms with E-state index in [1.54, 1.807) is 12.1 Å². The largest absolute Gasteiger partial charge is 1.00 e. The number of benzene rings is 3. The maximum absolute atomic E-state index is 11.4. The van der Waals surface area contributed by atoms with Crippen molar-refractivity contribution in [2.75, 3.05) is 0 Å². The van der Waals surface area contributed by atoms with Gasteiger partial charge in [0.05, 0.1) is 14.7 Å². The van der Waals surface area contributed by atoms with Crippen LogP contribution in [0.2, 0.25) is 0 Å². The van der Waals surface area contributed by atoms with Crippen molar-refractivity contribution in [2.24, 2.45) is 0 Å². The molecule has 19 heteroatoms. The number of nitrogens with zero attached hydrogens (tertiary/aromatic N) is 4. The molecule has 0 atom stereocenters. The molecule has 0 amide bonds. The fourth-order valence-corrected chi connectivity index (χ4v) is 5.34. The summed E-state index contributed by atoms with van der Waals surface area (Å²) in [4.78, 5) is 7.54. The van der Waals surface area contributed by atoms with Gasteiger partial charge in [-0.15, -0.1) is 10.2 Å². The van der Waals surface area contributed by atoms with Gasteiger partial charge in [0.1, 0.15) is 47.4 Å². The number of aromatic nitrogens is 4. The van der Waals surface area contributed by atoms with Gasteiger partial charge in [0.25, 0.3) is 0 Å². The van der Waals surface area contributed by atoms with Gasteiger partial charge in [0.15, 0.2) is 0 Å². The molecule has 2 heterocycles. The summed E-state index contributed by atoms with van der Waals surface area (Å²) in [6, 6.07) is 18.2. The molecule has 0 aliphatic rings. The standard InChI is InChI=1S/C26H18N4O9S3.3Na/c31-40(32,33)20-7-1-16(2-8-20)19-13-14-27-23(15-19)26-28-24(17-3-9-21(10-4-17)41(34,35)36)25(29-30-26)18-5-11-22(12-6-18)42(37,38)39;;;/h1-15H,(H,31,32,33)(H,34,35,36)(H,37,38,39);;;/q;3*+1/p-3. The van der Waals surface area contributed by atoms with Gasteiger partial charge < -0.3 is 13.7 Å². The van der Waals surface area contributed by atoms with Gasteiger partial charge in [0, 0.05) is 17.3 Å². The van der Waals surface area contributed by atoms with Gasteiger partial charge >= 0.3 is 88.7 Å². The Balaban J connectivity index is 0.00000235. The average molecular weight is 693 g/mol. The third-order valence-electron chi connectivity index (χ3n) is 5.98. The Bertz CT molecular complexity index is 2150. The Labute approximate surface area is 325 Å². The van der Waals surface area contributed by atoms with Gasteiger partial charge in [-0.2, -0.15) is 0 Å². The van der Waals surface area contributed by atoms with Crippen molar-refractivity contribution in [2.45, 2.75) is 14.7 Å². The molecule has 45 heavy (non-hydrogen) atoms. The van der Waals surface area contributed by atoms with E-state index >= 15 is 0 Å². The van der Waals surface area contributed by atoms with E-state index in [1.807, 2.05) is 0 Å². The van der Waals surface area contributed by atoms with Crippen LogP contribution in [0.4, 0.5) is 0 Å². The third-order valence-corrected chi connectivity index (χ3v) is 8.53. The molecular weight excluding hydrogens is 677 g/mol. The molecule has 0 radical (unpaired) electrons. The zero-order valence-corrected chi connectivity index (χ0v) is 32.3. The van der Waals surface area contributed by atoms with Gasteiger partial charge in [-0.1, -0.05) is 36.4 Å². The van der Waals surface area contributed by atoms with E-state index in [9.17, 15) is 38.9 Å². The first-order valence-corrected chi connectivity index (χ1v) is 15.8. The van der Waals surface area contributed by atoms with Crippen molar-refractivity contribution in [3.8, 4) is 45.2 Å². The second-order valence-corrected chi connectivity index (χ2v) is 12.8. The van der Waals surface area contributed by atoms with E-state index < -0.39 is 40.1 Å². The number of rotatable bonds is 7. The fourth-order valence-electron chi connectivity index (χ4n) is 3.94. The minimum atomic E-state index is -4.72. The maximum Gasteiger partial charge on any atom is 1.00 e. The Morgan fingerprint density at radius 2 is 0.867 bits per heavy atom. The molecule has 0 fully saturated rings. The van der Waals surface area contributed by atoms with Crippen molar-refractivity contribution in [1.82, 2.24) is 20.2 Å². The van der Waals surface area contributed by atoms with Crippen LogP contribution in [0.15, 0.2) is 106 Å². The van der Waals surface area contributed by atoms with Crippen LogP contribution >= 0.6 is 0 Å². The molecule has 0 aliphatic heterocycles. The summed E-state index contributed by atoms with van der Waals surface area (Å²) >= 11 is 0. The average Bonchev–Trinajstić information content (AvgIpc) is 2.96. The fraction of sp³-hybridized carbons (Fsp3) is 0. The quantitative estimate of drug-likeness (QED) is 0.115. The molecule has 214 valence electrons. The molecule has 0 spiro atoms. The SMILES string of the molecule is O=S(=O)([O-])c1ccc(-c2ccnc(-c3nnc(-c4ccc(S(=O)(=O)[O-])cc4)c(-c4ccc(S(=O)(=O)[O-])cc4)n3)c2)cc1.[Na+].[Na+].[Na+]. The summed E-state index contributed by atoms with van der Waals surface area (Å²) < 4.78 is 102. The van der Waals surface area contributed by atoms with E-state index in [0.29, 0.717) is 22.3 Å². The molecule has 2 aromatic heterocycles. The molecule has 0 unspecified atom stereocenters. The minimum absolute atomic E-state index is 0. The van der Waals surface area contributed by atoms with Gasteiger partial charge in [0.2, 0.25) is 5.82 Å². The summed E-state index contributed by atoms with van der Waals surface area (Å²) in [5, 5.41) is 8.39. The first-order chi connectivity index (χ1) is 19.7. The van der Waals surface area contributed by atoms with E-state index in [-0.39, 0.29) is 116 Å². The summed E-state index contributed by atoms with van der Waals surface area (Å²) in [7, 11) is -14.0. The molecule has 5 rings (SSSR count). The molecule has 5 aromatic rings. The van der Waals surface area contributed by atoms with Crippen LogP contribution in [0.5, 0.6) is 0 Å². The van der Waals surface area contributed by atoms with E-state index in [2.05, 4.69) is 20.2 Å². The van der Waals surface area contributed by atoms with Crippen LogP contribution in [0, 0.1) is 0 Å². The topological polar surface area (TPSA) is 223 Å². The van der Waals surface area contributed by atoms with Crippen molar-refractivity contribution in [3.05, 3.63) is 91.1 Å². The third kappa shape index (κ3) is 9.56. The summed E-state index contributed by atoms with van der Waals surface area (Å²) in [6.45, 7) is 0. The monoisotopic (exact) mass is 692 g/mol. The van der Waals surface area contributed by atoms with Crippen LogP contribution in [-0.4, -0.2) is 59.1 Å². The molecule has 3 aromatic carbocycles. The molecule has 13 nitrogen and oxygen atoms in total. The number of hydrogen-bond acceptors (Lipinski definition) is 13. The maximum atomic E-state index is 11.4. The predicted molar refractivity (Wildman–Crippen MR) is 143 cm³/mol. The van der Waals surface area contributed by atoms with Crippen molar-refractivity contribution < 1.29 is 128 Å². The molecule has 0 aliphatic carbocycles. The second kappa shape index (κ2) is 15.6. The summed E-state index contributed by atoms with van der Waals surface area (Å²) in [5.74, 6) is 0.0358. The van der Waals surface area contributed by atoms with Crippen LogP contribution in [0.3, 0.4) is 0 Å². The van der Waals surface area contributed by atoms with Gasteiger partial charge in [-0.05, 0) is 59.7 Å². The van der Waals surface area contributed by atoms with Crippen molar-refractivity contribution in [3.63, 3.8) is 0 Å². The predicted octanol–water partition coefficient (Wildman–Crippen LogP) is -6.34. The molecular formula is C26H15N4Na3O9S3. The van der Waals surface area contributed by atoms with E-state index in [4.69, 9.17) is 0 Å². The number of pyridine rings is 1. The summed E-state index contributed by atoms with van der Waals surface area (Å²) in [5.41, 5.74) is 2.39. The Morgan fingerprint density at radius 1 is 0.467 bits per heavy atom. The first kappa shape index (κ1) is 39.7. The van der Waals surface area contributed by atoms with E-state index in [0.717, 1.165) is 24.3 Å². The zero-order valence-electron chi connectivity index (χ0n) is 23.8. The first-order valence-electron chi connectivity index (χ1n) is 11.6. The van der Waals surface area contributed by atoms with Crippen LogP contribution < -0.4 is 88.7 Å². The van der Waals surface area contributed by atoms with Crippen LogP contribution in [-0.2, 0) is 30.4 Å². The van der Waals surface area contributed by atoms with Gasteiger partial charge in [-0.25, -0.2) is 30.2 Å². The minimum Gasteiger partial charge on any atom is -0.744 e.